The fourth-order valence-corrected chi connectivity index (χ4v) is 3.86. The number of hydrogen-bond acceptors (Lipinski definition) is 3. The first-order valence-corrected chi connectivity index (χ1v) is 9.92. The molecule has 2 aliphatic heterocycles. The summed E-state index contributed by atoms with van der Waals surface area (Å²) in [4.78, 5) is 30.7. The molecule has 0 saturated carbocycles. The zero-order chi connectivity index (χ0) is 20.4. The standard InChI is InChI=1S/C22H25FN4O2/c1-16-2-6-20(7-3-16)27-15-18(14-21(27)28)24-22(29)26-12-10-25(11-13-26)19-8-4-17(23)5-9-19/h2-9,18H,10-15H2,1H3,(H,24,29)/t18-/m0/s1. The van der Waals surface area contributed by atoms with Crippen molar-refractivity contribution < 1.29 is 14.0 Å². The van der Waals surface area contributed by atoms with Crippen LogP contribution in [0.15, 0.2) is 48.5 Å². The van der Waals surface area contributed by atoms with Crippen molar-refractivity contribution in [2.24, 2.45) is 0 Å². The van der Waals surface area contributed by atoms with Gasteiger partial charge in [0.2, 0.25) is 5.91 Å². The van der Waals surface area contributed by atoms with Crippen LogP contribution in [0.4, 0.5) is 20.6 Å². The quantitative estimate of drug-likeness (QED) is 0.868. The summed E-state index contributed by atoms with van der Waals surface area (Å²) in [7, 11) is 0. The highest BCUT2D eigenvalue weighted by atomic mass is 19.1. The number of anilines is 2. The zero-order valence-corrected chi connectivity index (χ0v) is 16.5. The van der Waals surface area contributed by atoms with Crippen LogP contribution in [0, 0.1) is 12.7 Å². The molecule has 0 unspecified atom stereocenters. The molecule has 7 heteroatoms. The normalized spacial score (nSPS) is 19.6. The molecule has 0 spiro atoms. The van der Waals surface area contributed by atoms with Gasteiger partial charge in [-0.2, -0.15) is 0 Å². The smallest absolute Gasteiger partial charge is 0.317 e. The van der Waals surface area contributed by atoms with Gasteiger partial charge in [-0.1, -0.05) is 17.7 Å². The van der Waals surface area contributed by atoms with Gasteiger partial charge in [-0.3, -0.25) is 4.79 Å². The van der Waals surface area contributed by atoms with E-state index in [4.69, 9.17) is 0 Å². The topological polar surface area (TPSA) is 55.9 Å². The maximum Gasteiger partial charge on any atom is 0.317 e. The summed E-state index contributed by atoms with van der Waals surface area (Å²) < 4.78 is 13.1. The minimum atomic E-state index is -0.252. The highest BCUT2D eigenvalue weighted by Crippen LogP contribution is 2.22. The van der Waals surface area contributed by atoms with E-state index in [2.05, 4.69) is 10.2 Å². The Hall–Kier alpha value is -3.09. The van der Waals surface area contributed by atoms with Gasteiger partial charge >= 0.3 is 6.03 Å². The number of carbonyl (C=O) groups excluding carboxylic acids is 2. The van der Waals surface area contributed by atoms with Gasteiger partial charge in [-0.15, -0.1) is 0 Å². The fraction of sp³-hybridized carbons (Fsp3) is 0.364. The Labute approximate surface area is 169 Å². The lowest BCUT2D eigenvalue weighted by molar-refractivity contribution is -0.117. The molecule has 1 N–H and O–H groups in total. The summed E-state index contributed by atoms with van der Waals surface area (Å²) in [5.74, 6) is -0.224. The van der Waals surface area contributed by atoms with Crippen molar-refractivity contribution in [3.63, 3.8) is 0 Å². The first-order valence-electron chi connectivity index (χ1n) is 9.92. The summed E-state index contributed by atoms with van der Waals surface area (Å²) in [6.45, 7) is 5.06. The summed E-state index contributed by atoms with van der Waals surface area (Å²) in [5.41, 5.74) is 2.97. The number of rotatable bonds is 3. The Balaban J connectivity index is 1.29. The van der Waals surface area contributed by atoms with Gasteiger partial charge < -0.3 is 20.0 Å². The van der Waals surface area contributed by atoms with Crippen molar-refractivity contribution in [1.82, 2.24) is 10.2 Å². The molecule has 2 aromatic carbocycles. The van der Waals surface area contributed by atoms with E-state index in [1.54, 1.807) is 21.9 Å². The van der Waals surface area contributed by atoms with Crippen LogP contribution in [-0.2, 0) is 4.79 Å². The maximum absolute atomic E-state index is 13.1. The van der Waals surface area contributed by atoms with Crippen LogP contribution < -0.4 is 15.1 Å². The molecule has 2 saturated heterocycles. The van der Waals surface area contributed by atoms with Gasteiger partial charge in [-0.05, 0) is 43.3 Å². The molecule has 2 aromatic rings. The summed E-state index contributed by atoms with van der Waals surface area (Å²) in [6, 6.07) is 13.9. The van der Waals surface area contributed by atoms with Crippen LogP contribution in [-0.4, -0.2) is 55.6 Å². The zero-order valence-electron chi connectivity index (χ0n) is 16.5. The molecule has 0 radical (unpaired) electrons. The first kappa shape index (κ1) is 19.2. The van der Waals surface area contributed by atoms with Crippen molar-refractivity contribution in [2.45, 2.75) is 19.4 Å². The fourth-order valence-electron chi connectivity index (χ4n) is 3.86. The molecule has 3 amide bonds. The Morgan fingerprint density at radius 2 is 1.59 bits per heavy atom. The largest absolute Gasteiger partial charge is 0.368 e. The molecule has 0 aromatic heterocycles. The number of hydrogen-bond donors (Lipinski definition) is 1. The second-order valence-corrected chi connectivity index (χ2v) is 7.64. The molecule has 6 nitrogen and oxygen atoms in total. The van der Waals surface area contributed by atoms with Gasteiger partial charge in [-0.25, -0.2) is 9.18 Å². The highest BCUT2D eigenvalue weighted by molar-refractivity contribution is 5.96. The summed E-state index contributed by atoms with van der Waals surface area (Å²) in [5, 5.41) is 3.01. The van der Waals surface area contributed by atoms with E-state index in [0.29, 0.717) is 39.1 Å². The lowest BCUT2D eigenvalue weighted by atomic mass is 10.2. The van der Waals surface area contributed by atoms with E-state index in [1.807, 2.05) is 31.2 Å². The van der Waals surface area contributed by atoms with E-state index >= 15 is 0 Å². The van der Waals surface area contributed by atoms with Gasteiger partial charge in [0.25, 0.3) is 0 Å². The first-order chi connectivity index (χ1) is 14.0. The summed E-state index contributed by atoms with van der Waals surface area (Å²) >= 11 is 0. The van der Waals surface area contributed by atoms with Gasteiger partial charge in [0.1, 0.15) is 5.82 Å². The molecule has 1 atom stereocenters. The number of halogens is 1. The van der Waals surface area contributed by atoms with Crippen LogP contribution >= 0.6 is 0 Å². The van der Waals surface area contributed by atoms with E-state index in [1.165, 1.54) is 12.1 Å². The van der Waals surface area contributed by atoms with Gasteiger partial charge in [0.15, 0.2) is 0 Å². The average Bonchev–Trinajstić information content (AvgIpc) is 3.09. The molecule has 2 heterocycles. The average molecular weight is 396 g/mol. The molecule has 4 rings (SSSR count). The van der Waals surface area contributed by atoms with E-state index in [-0.39, 0.29) is 23.8 Å². The lowest BCUT2D eigenvalue weighted by Gasteiger charge is -2.36. The maximum atomic E-state index is 13.1. The van der Waals surface area contributed by atoms with Crippen LogP contribution in [0.25, 0.3) is 0 Å². The number of urea groups is 1. The number of carbonyl (C=O) groups is 2. The molecule has 29 heavy (non-hydrogen) atoms. The van der Waals surface area contributed by atoms with E-state index < -0.39 is 0 Å². The molecule has 0 aliphatic carbocycles. The third-order valence-corrected chi connectivity index (χ3v) is 5.56. The Bertz CT molecular complexity index is 877. The van der Waals surface area contributed by atoms with Gasteiger partial charge in [0, 0.05) is 50.5 Å². The van der Waals surface area contributed by atoms with Crippen LogP contribution in [0.1, 0.15) is 12.0 Å². The Kier molecular flexibility index (Phi) is 5.38. The monoisotopic (exact) mass is 396 g/mol. The number of benzene rings is 2. The van der Waals surface area contributed by atoms with Crippen molar-refractivity contribution in [1.29, 1.82) is 0 Å². The third kappa shape index (κ3) is 4.34. The molecule has 152 valence electrons. The molecule has 2 aliphatic rings. The number of nitrogens with one attached hydrogen (secondary N) is 1. The molecular weight excluding hydrogens is 371 g/mol. The Morgan fingerprint density at radius 3 is 2.24 bits per heavy atom. The number of amides is 3. The minimum absolute atomic E-state index is 0.0280. The minimum Gasteiger partial charge on any atom is -0.368 e. The number of piperazine rings is 1. The van der Waals surface area contributed by atoms with Crippen molar-refractivity contribution in [3.8, 4) is 0 Å². The second-order valence-electron chi connectivity index (χ2n) is 7.64. The van der Waals surface area contributed by atoms with Gasteiger partial charge in [0.05, 0.1) is 6.04 Å². The van der Waals surface area contributed by atoms with E-state index in [9.17, 15) is 14.0 Å². The molecule has 2 fully saturated rings. The van der Waals surface area contributed by atoms with Crippen molar-refractivity contribution in [3.05, 3.63) is 59.9 Å². The van der Waals surface area contributed by atoms with Crippen molar-refractivity contribution >= 4 is 23.3 Å². The lowest BCUT2D eigenvalue weighted by Crippen LogP contribution is -2.53. The number of nitrogens with zero attached hydrogens (tertiary/aromatic N) is 3. The number of aryl methyl sites for hydroxylation is 1. The molecular formula is C22H25FN4O2. The van der Waals surface area contributed by atoms with Crippen molar-refractivity contribution in [2.75, 3.05) is 42.5 Å². The summed E-state index contributed by atoms with van der Waals surface area (Å²) in [6.07, 6.45) is 0.315. The van der Waals surface area contributed by atoms with Crippen LogP contribution in [0.3, 0.4) is 0 Å². The van der Waals surface area contributed by atoms with E-state index in [0.717, 1.165) is 16.9 Å². The highest BCUT2D eigenvalue weighted by Gasteiger charge is 2.33. The van der Waals surface area contributed by atoms with Crippen LogP contribution in [0.5, 0.6) is 0 Å². The Morgan fingerprint density at radius 1 is 0.966 bits per heavy atom. The predicted octanol–water partition coefficient (Wildman–Crippen LogP) is 2.77. The second kappa shape index (κ2) is 8.11. The third-order valence-electron chi connectivity index (χ3n) is 5.56. The van der Waals surface area contributed by atoms with Crippen LogP contribution in [0.2, 0.25) is 0 Å². The SMILES string of the molecule is Cc1ccc(N2C[C@@H](NC(=O)N3CCN(c4ccc(F)cc4)CC3)CC2=O)cc1. The molecule has 0 bridgehead atoms. The predicted molar refractivity (Wildman–Crippen MR) is 111 cm³/mol.